The largest absolute Gasteiger partial charge is 0.454 e. The SMILES string of the molecule is C1=c2c(oc3ccccc23)=C(n2c3ccccc3c3cc(-c4ccc(N(c5ccccc5)c5cccc6c5oc5ccccc56)cc4)ccc32)CC1. The van der Waals surface area contributed by atoms with E-state index >= 15 is 0 Å². The number of anilines is 3. The van der Waals surface area contributed by atoms with Crippen LogP contribution in [0.5, 0.6) is 0 Å². The first-order valence-electron chi connectivity index (χ1n) is 17.9. The lowest BCUT2D eigenvalue weighted by Gasteiger charge is -2.25. The number of furan rings is 2. The number of para-hydroxylation sites is 5. The number of benzene rings is 7. The van der Waals surface area contributed by atoms with Crippen molar-refractivity contribution in [2.75, 3.05) is 4.90 Å². The van der Waals surface area contributed by atoms with Crippen molar-refractivity contribution >= 4 is 83.5 Å². The van der Waals surface area contributed by atoms with Gasteiger partial charge in [-0.25, -0.2) is 0 Å². The first-order valence-corrected chi connectivity index (χ1v) is 17.9. The van der Waals surface area contributed by atoms with Gasteiger partial charge < -0.3 is 18.3 Å². The van der Waals surface area contributed by atoms with Crippen LogP contribution < -0.4 is 15.5 Å². The number of aromatic nitrogens is 1. The molecule has 0 spiro atoms. The van der Waals surface area contributed by atoms with E-state index in [1.165, 1.54) is 43.7 Å². The third kappa shape index (κ3) is 4.34. The third-order valence-corrected chi connectivity index (χ3v) is 10.7. The molecule has 0 saturated carbocycles. The molecular weight excluding hydrogens is 637 g/mol. The van der Waals surface area contributed by atoms with Crippen molar-refractivity contribution in [3.05, 3.63) is 174 Å². The summed E-state index contributed by atoms with van der Waals surface area (Å²) in [5, 5.41) is 7.10. The molecule has 4 nitrogen and oxygen atoms in total. The van der Waals surface area contributed by atoms with Crippen LogP contribution in [0.2, 0.25) is 0 Å². The summed E-state index contributed by atoms with van der Waals surface area (Å²) in [6.07, 6.45) is 4.23. The number of fused-ring (bicyclic) bond motifs is 9. The van der Waals surface area contributed by atoms with Crippen LogP contribution in [-0.4, -0.2) is 4.57 Å². The van der Waals surface area contributed by atoms with E-state index in [9.17, 15) is 0 Å². The second-order valence-electron chi connectivity index (χ2n) is 13.6. The van der Waals surface area contributed by atoms with Gasteiger partial charge >= 0.3 is 0 Å². The predicted octanol–water partition coefficient (Wildman–Crippen LogP) is 11.8. The van der Waals surface area contributed by atoms with Gasteiger partial charge in [-0.1, -0.05) is 109 Å². The minimum atomic E-state index is 0.877. The summed E-state index contributed by atoms with van der Waals surface area (Å²) in [7, 11) is 0. The highest BCUT2D eigenvalue weighted by Gasteiger charge is 2.21. The van der Waals surface area contributed by atoms with E-state index in [1.807, 2.05) is 18.2 Å². The molecule has 0 radical (unpaired) electrons. The average Bonchev–Trinajstić information content (AvgIpc) is 3.89. The average molecular weight is 669 g/mol. The van der Waals surface area contributed by atoms with Gasteiger partial charge in [-0.2, -0.15) is 0 Å². The second-order valence-corrected chi connectivity index (χ2v) is 13.6. The Balaban J connectivity index is 1.05. The molecule has 3 heterocycles. The van der Waals surface area contributed by atoms with Crippen LogP contribution in [0.1, 0.15) is 12.8 Å². The molecule has 7 aromatic carbocycles. The number of hydrogen-bond acceptors (Lipinski definition) is 3. The molecule has 0 unspecified atom stereocenters. The maximum absolute atomic E-state index is 6.55. The third-order valence-electron chi connectivity index (χ3n) is 10.7. The molecule has 0 bridgehead atoms. The molecule has 52 heavy (non-hydrogen) atoms. The first kappa shape index (κ1) is 29.0. The van der Waals surface area contributed by atoms with E-state index in [2.05, 4.69) is 161 Å². The lowest BCUT2D eigenvalue weighted by molar-refractivity contribution is 0.564. The normalized spacial score (nSPS) is 13.0. The molecule has 0 atom stereocenters. The van der Waals surface area contributed by atoms with Crippen LogP contribution in [0.25, 0.3) is 77.6 Å². The topological polar surface area (TPSA) is 34.5 Å². The Hall–Kier alpha value is -6.78. The van der Waals surface area contributed by atoms with Gasteiger partial charge in [0.15, 0.2) is 11.0 Å². The van der Waals surface area contributed by atoms with E-state index in [1.54, 1.807) is 0 Å². The molecule has 0 amide bonds. The zero-order valence-electron chi connectivity index (χ0n) is 28.3. The molecule has 246 valence electrons. The number of nitrogens with zero attached hydrogens (tertiary/aromatic N) is 2. The summed E-state index contributed by atoms with van der Waals surface area (Å²) >= 11 is 0. The van der Waals surface area contributed by atoms with Crippen LogP contribution >= 0.6 is 0 Å². The van der Waals surface area contributed by atoms with Crippen LogP contribution in [0.15, 0.2) is 173 Å². The first-order chi connectivity index (χ1) is 25.8. The maximum atomic E-state index is 6.55. The molecule has 0 fully saturated rings. The molecule has 1 aliphatic rings. The Morgan fingerprint density at radius 3 is 1.98 bits per heavy atom. The lowest BCUT2D eigenvalue weighted by atomic mass is 10.0. The van der Waals surface area contributed by atoms with Crippen LogP contribution in [0.4, 0.5) is 17.1 Å². The van der Waals surface area contributed by atoms with Crippen LogP contribution in [0, 0.1) is 0 Å². The summed E-state index contributed by atoms with van der Waals surface area (Å²) in [5.74, 6) is 0. The Labute approximate surface area is 299 Å². The molecule has 4 heteroatoms. The van der Waals surface area contributed by atoms with Gasteiger partial charge in [-0.15, -0.1) is 0 Å². The Kier molecular flexibility index (Phi) is 6.34. The lowest BCUT2D eigenvalue weighted by Crippen LogP contribution is -2.28. The highest BCUT2D eigenvalue weighted by molar-refractivity contribution is 6.12. The number of hydrogen-bond donors (Lipinski definition) is 0. The standard InChI is InChI=1S/C48H32N2O2/c1-2-12-33(13-3-1)49(43-20-10-17-38-36-15-5-8-22-45(36)51-47(38)43)34-27-24-31(25-28-34)32-26-29-42-40(30-32)35-14-4-7-19-41(35)50(42)44-21-11-18-39-37-16-6-9-23-46(37)52-48(39)44/h1-10,12-20,22-30H,11,21H2. The molecule has 10 aromatic rings. The quantitative estimate of drug-likeness (QED) is 0.183. The number of rotatable bonds is 5. The predicted molar refractivity (Wildman–Crippen MR) is 215 cm³/mol. The summed E-state index contributed by atoms with van der Waals surface area (Å²) in [5.41, 5.74) is 12.8. The maximum Gasteiger partial charge on any atom is 0.159 e. The van der Waals surface area contributed by atoms with Crippen molar-refractivity contribution in [2.45, 2.75) is 12.8 Å². The van der Waals surface area contributed by atoms with E-state index in [0.29, 0.717) is 0 Å². The van der Waals surface area contributed by atoms with Crippen molar-refractivity contribution < 1.29 is 8.83 Å². The van der Waals surface area contributed by atoms with Gasteiger partial charge in [-0.05, 0) is 84.6 Å². The molecular formula is C48H32N2O2. The van der Waals surface area contributed by atoms with Gasteiger partial charge in [0, 0.05) is 43.5 Å². The van der Waals surface area contributed by atoms with Crippen molar-refractivity contribution in [1.29, 1.82) is 0 Å². The summed E-state index contributed by atoms with van der Waals surface area (Å²) in [6, 6.07) is 58.1. The van der Waals surface area contributed by atoms with Crippen molar-refractivity contribution in [3.8, 4) is 11.1 Å². The Bertz CT molecular complexity index is 3130. The highest BCUT2D eigenvalue weighted by atomic mass is 16.3. The fraction of sp³-hybridized carbons (Fsp3) is 0.0417. The zero-order chi connectivity index (χ0) is 34.2. The minimum Gasteiger partial charge on any atom is -0.454 e. The van der Waals surface area contributed by atoms with Gasteiger partial charge in [-0.3, -0.25) is 0 Å². The highest BCUT2D eigenvalue weighted by Crippen LogP contribution is 2.43. The molecule has 0 N–H and O–H groups in total. The van der Waals surface area contributed by atoms with Gasteiger partial charge in [0.05, 0.1) is 22.4 Å². The summed E-state index contributed by atoms with van der Waals surface area (Å²) in [4.78, 5) is 2.29. The van der Waals surface area contributed by atoms with E-state index < -0.39 is 0 Å². The van der Waals surface area contributed by atoms with Gasteiger partial charge in [0.25, 0.3) is 0 Å². The Morgan fingerprint density at radius 2 is 1.13 bits per heavy atom. The van der Waals surface area contributed by atoms with Crippen LogP contribution in [-0.2, 0) is 0 Å². The molecule has 3 aromatic heterocycles. The summed E-state index contributed by atoms with van der Waals surface area (Å²) in [6.45, 7) is 0. The second kappa shape index (κ2) is 11.4. The van der Waals surface area contributed by atoms with E-state index in [0.717, 1.165) is 68.4 Å². The smallest absolute Gasteiger partial charge is 0.159 e. The van der Waals surface area contributed by atoms with Crippen molar-refractivity contribution in [2.24, 2.45) is 0 Å². The van der Waals surface area contributed by atoms with Crippen molar-refractivity contribution in [3.63, 3.8) is 0 Å². The van der Waals surface area contributed by atoms with Gasteiger partial charge in [0.2, 0.25) is 0 Å². The molecule has 11 rings (SSSR count). The summed E-state index contributed by atoms with van der Waals surface area (Å²) < 4.78 is 15.5. The fourth-order valence-electron chi connectivity index (χ4n) is 8.32. The van der Waals surface area contributed by atoms with Crippen molar-refractivity contribution in [1.82, 2.24) is 4.57 Å². The molecule has 1 aliphatic carbocycles. The zero-order valence-corrected chi connectivity index (χ0v) is 28.3. The minimum absolute atomic E-state index is 0.877. The molecule has 0 saturated heterocycles. The van der Waals surface area contributed by atoms with E-state index in [4.69, 9.17) is 8.83 Å². The molecule has 0 aliphatic heterocycles. The van der Waals surface area contributed by atoms with Crippen LogP contribution in [0.3, 0.4) is 0 Å². The van der Waals surface area contributed by atoms with E-state index in [-0.39, 0.29) is 0 Å². The van der Waals surface area contributed by atoms with Gasteiger partial charge in [0.1, 0.15) is 11.2 Å². The fourth-order valence-corrected chi connectivity index (χ4v) is 8.32. The Morgan fingerprint density at radius 1 is 0.481 bits per heavy atom. The monoisotopic (exact) mass is 668 g/mol.